The molecule has 1 aromatic heterocycles. The monoisotopic (exact) mass is 422 g/mol. The highest BCUT2D eigenvalue weighted by atomic mass is 16.6. The topological polar surface area (TPSA) is 109 Å². The van der Waals surface area contributed by atoms with Crippen LogP contribution < -0.4 is 14.8 Å². The zero-order chi connectivity index (χ0) is 21.8. The molecular weight excluding hydrogens is 400 g/mol. The van der Waals surface area contributed by atoms with Crippen molar-refractivity contribution in [1.29, 1.82) is 0 Å². The van der Waals surface area contributed by atoms with Gasteiger partial charge in [0.05, 0.1) is 24.5 Å². The van der Waals surface area contributed by atoms with Gasteiger partial charge in [-0.2, -0.15) is 0 Å². The number of rotatable bonds is 7. The van der Waals surface area contributed by atoms with Gasteiger partial charge in [0.25, 0.3) is 11.6 Å². The molecule has 0 unspecified atom stereocenters. The van der Waals surface area contributed by atoms with E-state index in [4.69, 9.17) is 9.47 Å². The second kappa shape index (κ2) is 8.86. The third-order valence-electron chi connectivity index (χ3n) is 5.23. The van der Waals surface area contributed by atoms with E-state index in [0.717, 1.165) is 25.7 Å². The summed E-state index contributed by atoms with van der Waals surface area (Å²) < 4.78 is 13.0. The van der Waals surface area contributed by atoms with Gasteiger partial charge in [-0.25, -0.2) is 4.98 Å². The first-order valence-corrected chi connectivity index (χ1v) is 9.98. The fourth-order valence-electron chi connectivity index (χ4n) is 3.67. The van der Waals surface area contributed by atoms with Crippen LogP contribution in [0.15, 0.2) is 55.1 Å². The van der Waals surface area contributed by atoms with Crippen molar-refractivity contribution in [2.24, 2.45) is 0 Å². The number of imidazole rings is 1. The van der Waals surface area contributed by atoms with E-state index in [2.05, 4.69) is 10.3 Å². The largest absolute Gasteiger partial charge is 0.493 e. The number of hydrogen-bond acceptors (Lipinski definition) is 6. The number of nitro benzene ring substituents is 1. The Morgan fingerprint density at radius 2 is 2.00 bits per heavy atom. The Bertz CT molecular complexity index is 1090. The molecule has 1 fully saturated rings. The lowest BCUT2D eigenvalue weighted by Crippen LogP contribution is -2.14. The number of nitro groups is 1. The molecule has 1 aliphatic carbocycles. The van der Waals surface area contributed by atoms with Crippen LogP contribution in [0.1, 0.15) is 36.0 Å². The SMILES string of the molecule is COc1ccc(NC(=O)c2ccc(-n3ccnc3)c([N+](=O)[O-])c2)cc1OC1CCCC1. The van der Waals surface area contributed by atoms with Crippen molar-refractivity contribution in [3.63, 3.8) is 0 Å². The number of amides is 1. The minimum Gasteiger partial charge on any atom is -0.493 e. The van der Waals surface area contributed by atoms with Crippen LogP contribution in [0.4, 0.5) is 11.4 Å². The van der Waals surface area contributed by atoms with E-state index >= 15 is 0 Å². The van der Waals surface area contributed by atoms with Crippen molar-refractivity contribution in [3.8, 4) is 17.2 Å². The molecule has 1 aliphatic rings. The molecule has 2 aromatic carbocycles. The smallest absolute Gasteiger partial charge is 0.294 e. The molecule has 9 heteroatoms. The van der Waals surface area contributed by atoms with Gasteiger partial charge >= 0.3 is 0 Å². The quantitative estimate of drug-likeness (QED) is 0.448. The minimum absolute atomic E-state index is 0.137. The van der Waals surface area contributed by atoms with Crippen LogP contribution in [0, 0.1) is 10.1 Å². The number of carbonyl (C=O) groups is 1. The lowest BCUT2D eigenvalue weighted by atomic mass is 10.1. The molecular formula is C22H22N4O5. The van der Waals surface area contributed by atoms with Crippen LogP contribution in [0.25, 0.3) is 5.69 Å². The number of benzene rings is 2. The zero-order valence-electron chi connectivity index (χ0n) is 17.0. The number of carbonyl (C=O) groups excluding carboxylic acids is 1. The molecule has 9 nitrogen and oxygen atoms in total. The summed E-state index contributed by atoms with van der Waals surface area (Å²) >= 11 is 0. The van der Waals surface area contributed by atoms with Crippen LogP contribution in [0.5, 0.6) is 11.5 Å². The standard InChI is InChI=1S/C22H22N4O5/c1-30-20-9-7-16(13-21(20)31-17-4-2-3-5-17)24-22(27)15-6-8-18(19(12-15)26(28)29)25-11-10-23-14-25/h6-14,17H,2-5H2,1H3,(H,24,27). The van der Waals surface area contributed by atoms with Gasteiger partial charge in [-0.05, 0) is 49.9 Å². The average Bonchev–Trinajstić information content (AvgIpc) is 3.48. The third-order valence-corrected chi connectivity index (χ3v) is 5.23. The van der Waals surface area contributed by atoms with Crippen molar-refractivity contribution in [2.75, 3.05) is 12.4 Å². The molecule has 160 valence electrons. The van der Waals surface area contributed by atoms with Crippen LogP contribution >= 0.6 is 0 Å². The molecule has 1 N–H and O–H groups in total. The molecule has 3 aromatic rings. The second-order valence-corrected chi connectivity index (χ2v) is 7.27. The molecule has 1 heterocycles. The van der Waals surface area contributed by atoms with Crippen molar-refractivity contribution < 1.29 is 19.2 Å². The van der Waals surface area contributed by atoms with Crippen molar-refractivity contribution in [3.05, 3.63) is 70.8 Å². The Morgan fingerprint density at radius 1 is 1.19 bits per heavy atom. The van der Waals surface area contributed by atoms with E-state index in [-0.39, 0.29) is 17.4 Å². The predicted octanol–water partition coefficient (Wildman–Crippen LogP) is 4.36. The summed E-state index contributed by atoms with van der Waals surface area (Å²) in [6.45, 7) is 0. The first-order valence-electron chi connectivity index (χ1n) is 9.98. The van der Waals surface area contributed by atoms with E-state index in [1.54, 1.807) is 31.5 Å². The number of methoxy groups -OCH3 is 1. The molecule has 0 bridgehead atoms. The van der Waals surface area contributed by atoms with Gasteiger partial charge in [-0.3, -0.25) is 14.9 Å². The first kappa shape index (κ1) is 20.4. The van der Waals surface area contributed by atoms with Crippen LogP contribution in [0.2, 0.25) is 0 Å². The van der Waals surface area contributed by atoms with Gasteiger partial charge in [-0.1, -0.05) is 0 Å². The summed E-state index contributed by atoms with van der Waals surface area (Å²) in [7, 11) is 1.57. The van der Waals surface area contributed by atoms with Crippen molar-refractivity contribution in [2.45, 2.75) is 31.8 Å². The molecule has 1 amide bonds. The summed E-state index contributed by atoms with van der Waals surface area (Å²) in [6.07, 6.45) is 8.99. The molecule has 31 heavy (non-hydrogen) atoms. The number of nitrogens with zero attached hydrogens (tertiary/aromatic N) is 3. The Hall–Kier alpha value is -3.88. The van der Waals surface area contributed by atoms with E-state index < -0.39 is 10.8 Å². The summed E-state index contributed by atoms with van der Waals surface area (Å²) in [4.78, 5) is 27.7. The van der Waals surface area contributed by atoms with Gasteiger partial charge in [0.2, 0.25) is 0 Å². The molecule has 4 rings (SSSR count). The van der Waals surface area contributed by atoms with Crippen molar-refractivity contribution >= 4 is 17.3 Å². The Kier molecular flexibility index (Phi) is 5.83. The summed E-state index contributed by atoms with van der Waals surface area (Å²) in [6, 6.07) is 9.46. The molecule has 0 spiro atoms. The van der Waals surface area contributed by atoms with Gasteiger partial charge < -0.3 is 19.4 Å². The van der Waals surface area contributed by atoms with Crippen LogP contribution in [0.3, 0.4) is 0 Å². The van der Waals surface area contributed by atoms with Gasteiger partial charge in [-0.15, -0.1) is 0 Å². The maximum atomic E-state index is 12.8. The highest BCUT2D eigenvalue weighted by Crippen LogP contribution is 2.34. The van der Waals surface area contributed by atoms with Crippen LogP contribution in [-0.2, 0) is 0 Å². The lowest BCUT2D eigenvalue weighted by Gasteiger charge is -2.17. The van der Waals surface area contributed by atoms with E-state index in [9.17, 15) is 14.9 Å². The summed E-state index contributed by atoms with van der Waals surface area (Å²) in [5.41, 5.74) is 0.825. The lowest BCUT2D eigenvalue weighted by molar-refractivity contribution is -0.384. The number of aromatic nitrogens is 2. The molecule has 0 aliphatic heterocycles. The molecule has 0 saturated heterocycles. The number of ether oxygens (including phenoxy) is 2. The Balaban J connectivity index is 1.56. The van der Waals surface area contributed by atoms with Gasteiger partial charge in [0.15, 0.2) is 11.5 Å². The van der Waals surface area contributed by atoms with Gasteiger partial charge in [0, 0.05) is 35.8 Å². The average molecular weight is 422 g/mol. The third kappa shape index (κ3) is 4.50. The normalized spacial score (nSPS) is 13.7. The first-order chi connectivity index (χ1) is 15.0. The fourth-order valence-corrected chi connectivity index (χ4v) is 3.67. The Labute approximate surface area is 178 Å². The molecule has 1 saturated carbocycles. The van der Waals surface area contributed by atoms with E-state index in [1.165, 1.54) is 35.3 Å². The second-order valence-electron chi connectivity index (χ2n) is 7.27. The number of nitrogens with one attached hydrogen (secondary N) is 1. The van der Waals surface area contributed by atoms with Crippen molar-refractivity contribution in [1.82, 2.24) is 9.55 Å². The summed E-state index contributed by atoms with van der Waals surface area (Å²) in [5, 5.41) is 14.3. The Morgan fingerprint density at radius 3 is 2.68 bits per heavy atom. The van der Waals surface area contributed by atoms with Gasteiger partial charge in [0.1, 0.15) is 5.69 Å². The predicted molar refractivity (Wildman–Crippen MR) is 114 cm³/mol. The van der Waals surface area contributed by atoms with Crippen LogP contribution in [-0.4, -0.2) is 33.6 Å². The van der Waals surface area contributed by atoms with E-state index in [1.807, 2.05) is 0 Å². The fraction of sp³-hybridized carbons (Fsp3) is 0.273. The van der Waals surface area contributed by atoms with E-state index in [0.29, 0.717) is 22.9 Å². The zero-order valence-corrected chi connectivity index (χ0v) is 17.0. The maximum Gasteiger partial charge on any atom is 0.294 e. The highest BCUT2D eigenvalue weighted by molar-refractivity contribution is 6.05. The minimum atomic E-state index is -0.521. The highest BCUT2D eigenvalue weighted by Gasteiger charge is 2.21. The maximum absolute atomic E-state index is 12.8. The molecule has 0 atom stereocenters. The number of anilines is 1. The summed E-state index contributed by atoms with van der Waals surface area (Å²) in [5.74, 6) is 0.691. The number of hydrogen-bond donors (Lipinski definition) is 1. The molecule has 0 radical (unpaired) electrons.